The number of rotatable bonds is 4. The summed E-state index contributed by atoms with van der Waals surface area (Å²) in [6.45, 7) is 3.51. The van der Waals surface area contributed by atoms with Crippen molar-refractivity contribution in [2.75, 3.05) is 5.75 Å². The van der Waals surface area contributed by atoms with E-state index >= 15 is 0 Å². The minimum atomic E-state index is -0.754. The van der Waals surface area contributed by atoms with Gasteiger partial charge < -0.3 is 5.11 Å². The zero-order valence-electron chi connectivity index (χ0n) is 10.5. The topological polar surface area (TPSA) is 37.3 Å². The second kappa shape index (κ2) is 5.02. The van der Waals surface area contributed by atoms with E-state index in [1.165, 1.54) is 10.8 Å². The number of hydrogen-bond acceptors (Lipinski definition) is 2. The van der Waals surface area contributed by atoms with Gasteiger partial charge in [0.25, 0.3) is 0 Å². The fourth-order valence-electron chi connectivity index (χ4n) is 1.58. The van der Waals surface area contributed by atoms with E-state index in [0.717, 1.165) is 4.90 Å². The third-order valence-electron chi connectivity index (χ3n) is 2.90. The van der Waals surface area contributed by atoms with Gasteiger partial charge in [0.1, 0.15) is 0 Å². The van der Waals surface area contributed by atoms with Gasteiger partial charge in [-0.25, -0.2) is 0 Å². The van der Waals surface area contributed by atoms with Crippen LogP contribution in [0.3, 0.4) is 0 Å². The summed E-state index contributed by atoms with van der Waals surface area (Å²) in [5, 5.41) is 11.5. The second-order valence-corrected chi connectivity index (χ2v) is 6.04. The molecule has 0 saturated carbocycles. The highest BCUT2D eigenvalue weighted by Crippen LogP contribution is 2.29. The van der Waals surface area contributed by atoms with E-state index < -0.39 is 11.4 Å². The van der Waals surface area contributed by atoms with Gasteiger partial charge in [0.05, 0.1) is 5.41 Å². The Labute approximate surface area is 111 Å². The lowest BCUT2D eigenvalue weighted by atomic mass is 9.97. The van der Waals surface area contributed by atoms with Crippen molar-refractivity contribution in [2.24, 2.45) is 5.41 Å². The lowest BCUT2D eigenvalue weighted by molar-refractivity contribution is -0.145. The van der Waals surface area contributed by atoms with E-state index in [1.807, 2.05) is 18.2 Å². The van der Waals surface area contributed by atoms with Crippen LogP contribution in [-0.2, 0) is 4.79 Å². The predicted octanol–water partition coefficient (Wildman–Crippen LogP) is 4.04. The largest absolute Gasteiger partial charge is 0.481 e. The maximum Gasteiger partial charge on any atom is 0.309 e. The first-order valence-electron chi connectivity index (χ1n) is 5.84. The zero-order chi connectivity index (χ0) is 13.2. The molecule has 0 fully saturated rings. The van der Waals surface area contributed by atoms with Crippen LogP contribution in [-0.4, -0.2) is 16.8 Å². The van der Waals surface area contributed by atoms with E-state index in [2.05, 4.69) is 24.3 Å². The van der Waals surface area contributed by atoms with Crippen LogP contribution in [0, 0.1) is 5.41 Å². The third-order valence-corrected chi connectivity index (χ3v) is 4.35. The van der Waals surface area contributed by atoms with Gasteiger partial charge in [0, 0.05) is 10.6 Å². The molecule has 0 unspecified atom stereocenters. The summed E-state index contributed by atoms with van der Waals surface area (Å²) in [6, 6.07) is 14.4. The van der Waals surface area contributed by atoms with Crippen LogP contribution in [0.4, 0.5) is 0 Å². The zero-order valence-corrected chi connectivity index (χ0v) is 11.3. The van der Waals surface area contributed by atoms with Gasteiger partial charge in [0.2, 0.25) is 0 Å². The van der Waals surface area contributed by atoms with Crippen molar-refractivity contribution >= 4 is 28.5 Å². The van der Waals surface area contributed by atoms with Crippen molar-refractivity contribution in [3.63, 3.8) is 0 Å². The lowest BCUT2D eigenvalue weighted by Crippen LogP contribution is -2.26. The molecule has 2 aromatic rings. The van der Waals surface area contributed by atoms with Crippen molar-refractivity contribution in [1.82, 2.24) is 0 Å². The minimum Gasteiger partial charge on any atom is -0.481 e. The molecular formula is C15H16O2S. The van der Waals surface area contributed by atoms with Crippen molar-refractivity contribution in [3.05, 3.63) is 42.5 Å². The summed E-state index contributed by atoms with van der Waals surface area (Å²) >= 11 is 1.59. The molecular weight excluding hydrogens is 244 g/mol. The van der Waals surface area contributed by atoms with Crippen molar-refractivity contribution < 1.29 is 9.90 Å². The molecule has 0 atom stereocenters. The number of thioether (sulfide) groups is 1. The van der Waals surface area contributed by atoms with E-state index in [1.54, 1.807) is 25.6 Å². The average molecular weight is 260 g/mol. The van der Waals surface area contributed by atoms with Gasteiger partial charge in [-0.3, -0.25) is 4.79 Å². The highest BCUT2D eigenvalue weighted by Gasteiger charge is 2.26. The first kappa shape index (κ1) is 13.0. The molecule has 0 aliphatic rings. The van der Waals surface area contributed by atoms with E-state index in [4.69, 9.17) is 5.11 Å². The average Bonchev–Trinajstić information content (AvgIpc) is 2.36. The Morgan fingerprint density at radius 2 is 1.83 bits per heavy atom. The van der Waals surface area contributed by atoms with Gasteiger partial charge in [-0.15, -0.1) is 11.8 Å². The highest BCUT2D eigenvalue weighted by molar-refractivity contribution is 7.99. The molecule has 0 spiro atoms. The molecule has 0 aliphatic heterocycles. The Balaban J connectivity index is 2.15. The van der Waals surface area contributed by atoms with Crippen molar-refractivity contribution in [2.45, 2.75) is 18.7 Å². The lowest BCUT2D eigenvalue weighted by Gasteiger charge is -2.18. The highest BCUT2D eigenvalue weighted by atomic mass is 32.2. The number of hydrogen-bond donors (Lipinski definition) is 1. The van der Waals surface area contributed by atoms with Crippen LogP contribution in [0.5, 0.6) is 0 Å². The van der Waals surface area contributed by atoms with Gasteiger partial charge >= 0.3 is 5.97 Å². The molecule has 94 valence electrons. The number of carboxylic acids is 1. The molecule has 18 heavy (non-hydrogen) atoms. The quantitative estimate of drug-likeness (QED) is 0.843. The van der Waals surface area contributed by atoms with E-state index in [0.29, 0.717) is 5.75 Å². The molecule has 0 amide bonds. The van der Waals surface area contributed by atoms with Gasteiger partial charge in [0.15, 0.2) is 0 Å². The summed E-state index contributed by atoms with van der Waals surface area (Å²) in [5.41, 5.74) is -0.698. The van der Waals surface area contributed by atoms with Gasteiger partial charge in [-0.1, -0.05) is 30.3 Å². The Morgan fingerprint density at radius 1 is 1.17 bits per heavy atom. The van der Waals surface area contributed by atoms with Crippen molar-refractivity contribution in [3.8, 4) is 0 Å². The first-order valence-corrected chi connectivity index (χ1v) is 6.83. The monoisotopic (exact) mass is 260 g/mol. The normalized spacial score (nSPS) is 11.7. The third kappa shape index (κ3) is 2.85. The van der Waals surface area contributed by atoms with Crippen LogP contribution < -0.4 is 0 Å². The Bertz CT molecular complexity index is 575. The molecule has 2 nitrogen and oxygen atoms in total. The Morgan fingerprint density at radius 3 is 2.50 bits per heavy atom. The second-order valence-electron chi connectivity index (χ2n) is 4.99. The molecule has 0 aliphatic carbocycles. The SMILES string of the molecule is CC(C)(CSc1ccc2ccccc2c1)C(=O)O. The molecule has 0 radical (unpaired) electrons. The van der Waals surface area contributed by atoms with Crippen LogP contribution in [0.1, 0.15) is 13.8 Å². The minimum absolute atomic E-state index is 0.570. The van der Waals surface area contributed by atoms with Gasteiger partial charge in [-0.05, 0) is 36.8 Å². The summed E-state index contributed by atoms with van der Waals surface area (Å²) < 4.78 is 0. The smallest absolute Gasteiger partial charge is 0.309 e. The Kier molecular flexibility index (Phi) is 3.62. The predicted molar refractivity (Wildman–Crippen MR) is 76.1 cm³/mol. The molecule has 2 aromatic carbocycles. The van der Waals surface area contributed by atoms with Crippen LogP contribution in [0.15, 0.2) is 47.4 Å². The fourth-order valence-corrected chi connectivity index (χ4v) is 2.61. The van der Waals surface area contributed by atoms with E-state index in [-0.39, 0.29) is 0 Å². The fraction of sp³-hybridized carbons (Fsp3) is 0.267. The summed E-state index contributed by atoms with van der Waals surface area (Å²) in [4.78, 5) is 12.2. The van der Waals surface area contributed by atoms with Crippen LogP contribution in [0.25, 0.3) is 10.8 Å². The summed E-state index contributed by atoms with van der Waals surface area (Å²) in [5.74, 6) is -0.184. The van der Waals surface area contributed by atoms with Crippen molar-refractivity contribution in [1.29, 1.82) is 0 Å². The number of carboxylic acid groups (broad SMARTS) is 1. The Hall–Kier alpha value is -1.48. The molecule has 0 heterocycles. The first-order chi connectivity index (χ1) is 8.49. The molecule has 0 saturated heterocycles. The number of aliphatic carboxylic acids is 1. The number of benzene rings is 2. The van der Waals surface area contributed by atoms with Gasteiger partial charge in [-0.2, -0.15) is 0 Å². The molecule has 3 heteroatoms. The standard InChI is InChI=1S/C15H16O2S/c1-15(2,14(16)17)10-18-13-8-7-11-5-3-4-6-12(11)9-13/h3-9H,10H2,1-2H3,(H,16,17). The number of carbonyl (C=O) groups is 1. The maximum atomic E-state index is 11.0. The maximum absolute atomic E-state index is 11.0. The summed E-state index contributed by atoms with van der Waals surface area (Å²) in [6.07, 6.45) is 0. The molecule has 2 rings (SSSR count). The van der Waals surface area contributed by atoms with E-state index in [9.17, 15) is 4.79 Å². The van der Waals surface area contributed by atoms with Crippen LogP contribution in [0.2, 0.25) is 0 Å². The summed E-state index contributed by atoms with van der Waals surface area (Å²) in [7, 11) is 0. The molecule has 1 N–H and O–H groups in total. The van der Waals surface area contributed by atoms with Crippen LogP contribution >= 0.6 is 11.8 Å². The molecule has 0 aromatic heterocycles. The number of fused-ring (bicyclic) bond motifs is 1. The molecule has 0 bridgehead atoms.